The highest BCUT2D eigenvalue weighted by atomic mass is 16.3. The number of hydrogen-bond acceptors (Lipinski definition) is 2. The molecule has 1 aliphatic carbocycles. The van der Waals surface area contributed by atoms with E-state index in [9.17, 15) is 5.11 Å². The maximum absolute atomic E-state index is 10.6. The summed E-state index contributed by atoms with van der Waals surface area (Å²) in [7, 11) is 0. The van der Waals surface area contributed by atoms with Gasteiger partial charge in [-0.3, -0.25) is 0 Å². The Balaban J connectivity index is 1.99. The average molecular weight is 281 g/mol. The first-order chi connectivity index (χ1) is 10.4. The number of rotatable bonds is 3. The summed E-state index contributed by atoms with van der Waals surface area (Å²) in [5.41, 5.74) is 2.32. The summed E-state index contributed by atoms with van der Waals surface area (Å²) in [6.07, 6.45) is 5.25. The number of anilines is 2. The molecule has 110 valence electrons. The third kappa shape index (κ3) is 3.27. The summed E-state index contributed by atoms with van der Waals surface area (Å²) in [4.78, 5) is 2.32. The fraction of sp³-hybridized carbons (Fsp3) is 0.368. The predicted octanol–water partition coefficient (Wildman–Crippen LogP) is 4.52. The lowest BCUT2D eigenvalue weighted by atomic mass is 10.0. The van der Waals surface area contributed by atoms with Gasteiger partial charge in [0.15, 0.2) is 0 Å². The SMILES string of the molecule is O[C@H]1CCCCC[C@H]1N(c1ccccc1)c1ccccc1. The lowest BCUT2D eigenvalue weighted by molar-refractivity contribution is 0.137. The van der Waals surface area contributed by atoms with Crippen LogP contribution in [0.1, 0.15) is 32.1 Å². The molecular weight excluding hydrogens is 258 g/mol. The summed E-state index contributed by atoms with van der Waals surface area (Å²) in [5.74, 6) is 0. The van der Waals surface area contributed by atoms with Crippen LogP contribution in [-0.2, 0) is 0 Å². The Labute approximate surface area is 127 Å². The van der Waals surface area contributed by atoms with Gasteiger partial charge in [-0.2, -0.15) is 0 Å². The second kappa shape index (κ2) is 6.77. The lowest BCUT2D eigenvalue weighted by Gasteiger charge is -2.36. The fourth-order valence-corrected chi connectivity index (χ4v) is 3.28. The van der Waals surface area contributed by atoms with Crippen molar-refractivity contribution in [1.82, 2.24) is 0 Å². The zero-order valence-corrected chi connectivity index (χ0v) is 12.4. The molecule has 0 bridgehead atoms. The minimum atomic E-state index is -0.257. The van der Waals surface area contributed by atoms with Crippen LogP contribution in [0.3, 0.4) is 0 Å². The van der Waals surface area contributed by atoms with Crippen molar-refractivity contribution in [3.05, 3.63) is 60.7 Å². The highest BCUT2D eigenvalue weighted by Crippen LogP contribution is 2.33. The summed E-state index contributed by atoms with van der Waals surface area (Å²) >= 11 is 0. The second-order valence-corrected chi connectivity index (χ2v) is 5.81. The Bertz CT molecular complexity index is 501. The normalized spacial score (nSPS) is 22.5. The van der Waals surface area contributed by atoms with Crippen LogP contribution in [0, 0.1) is 0 Å². The molecule has 2 aromatic rings. The Morgan fingerprint density at radius 2 is 1.24 bits per heavy atom. The van der Waals surface area contributed by atoms with Crippen molar-refractivity contribution in [1.29, 1.82) is 0 Å². The number of hydrogen-bond donors (Lipinski definition) is 1. The second-order valence-electron chi connectivity index (χ2n) is 5.81. The molecule has 0 aromatic heterocycles. The van der Waals surface area contributed by atoms with E-state index >= 15 is 0 Å². The summed E-state index contributed by atoms with van der Waals surface area (Å²) < 4.78 is 0. The highest BCUT2D eigenvalue weighted by Gasteiger charge is 2.28. The van der Waals surface area contributed by atoms with E-state index in [1.807, 2.05) is 12.1 Å². The summed E-state index contributed by atoms with van der Waals surface area (Å²) in [5, 5.41) is 10.6. The molecule has 1 fully saturated rings. The number of benzene rings is 2. The van der Waals surface area contributed by atoms with Crippen LogP contribution in [0.15, 0.2) is 60.7 Å². The van der Waals surface area contributed by atoms with Crippen LogP contribution in [0.4, 0.5) is 11.4 Å². The van der Waals surface area contributed by atoms with Crippen molar-refractivity contribution in [3.8, 4) is 0 Å². The largest absolute Gasteiger partial charge is 0.391 e. The van der Waals surface area contributed by atoms with E-state index in [1.165, 1.54) is 12.8 Å². The van der Waals surface area contributed by atoms with Gasteiger partial charge in [-0.25, -0.2) is 0 Å². The third-order valence-corrected chi connectivity index (χ3v) is 4.34. The smallest absolute Gasteiger partial charge is 0.0747 e. The van der Waals surface area contributed by atoms with E-state index in [0.717, 1.165) is 30.6 Å². The van der Waals surface area contributed by atoms with Gasteiger partial charge in [0, 0.05) is 11.4 Å². The van der Waals surface area contributed by atoms with Crippen LogP contribution >= 0.6 is 0 Å². The molecule has 0 unspecified atom stereocenters. The van der Waals surface area contributed by atoms with Gasteiger partial charge in [0.1, 0.15) is 0 Å². The number of aliphatic hydroxyl groups is 1. The van der Waals surface area contributed by atoms with Crippen LogP contribution < -0.4 is 4.90 Å². The van der Waals surface area contributed by atoms with Crippen LogP contribution in [0.25, 0.3) is 0 Å². The molecule has 21 heavy (non-hydrogen) atoms. The topological polar surface area (TPSA) is 23.5 Å². The number of aliphatic hydroxyl groups excluding tert-OH is 1. The molecule has 2 atom stereocenters. The quantitative estimate of drug-likeness (QED) is 0.836. The number of para-hydroxylation sites is 2. The third-order valence-electron chi connectivity index (χ3n) is 4.34. The van der Waals surface area contributed by atoms with E-state index in [4.69, 9.17) is 0 Å². The van der Waals surface area contributed by atoms with Gasteiger partial charge in [0.2, 0.25) is 0 Å². The van der Waals surface area contributed by atoms with Crippen LogP contribution in [0.2, 0.25) is 0 Å². The van der Waals surface area contributed by atoms with E-state index < -0.39 is 0 Å². The van der Waals surface area contributed by atoms with Crippen LogP contribution in [0.5, 0.6) is 0 Å². The van der Waals surface area contributed by atoms with Gasteiger partial charge in [0.05, 0.1) is 12.1 Å². The molecule has 1 saturated carbocycles. The Hall–Kier alpha value is -1.80. The maximum atomic E-state index is 10.6. The average Bonchev–Trinajstić information content (AvgIpc) is 2.75. The predicted molar refractivity (Wildman–Crippen MR) is 87.9 cm³/mol. The molecule has 2 nitrogen and oxygen atoms in total. The fourth-order valence-electron chi connectivity index (χ4n) is 3.28. The zero-order valence-electron chi connectivity index (χ0n) is 12.4. The van der Waals surface area contributed by atoms with Crippen LogP contribution in [-0.4, -0.2) is 17.3 Å². The van der Waals surface area contributed by atoms with E-state index in [0.29, 0.717) is 0 Å². The van der Waals surface area contributed by atoms with Crippen molar-refractivity contribution in [2.75, 3.05) is 4.90 Å². The molecule has 0 aliphatic heterocycles. The van der Waals surface area contributed by atoms with Crippen molar-refractivity contribution in [3.63, 3.8) is 0 Å². The Morgan fingerprint density at radius 3 is 1.81 bits per heavy atom. The van der Waals surface area contributed by atoms with E-state index in [1.54, 1.807) is 0 Å². The maximum Gasteiger partial charge on any atom is 0.0747 e. The Kier molecular flexibility index (Phi) is 4.56. The van der Waals surface area contributed by atoms with Crippen molar-refractivity contribution in [2.45, 2.75) is 44.2 Å². The first kappa shape index (κ1) is 14.2. The minimum absolute atomic E-state index is 0.164. The van der Waals surface area contributed by atoms with Gasteiger partial charge in [0.25, 0.3) is 0 Å². The molecule has 3 rings (SSSR count). The molecule has 0 radical (unpaired) electrons. The molecule has 1 aliphatic rings. The van der Waals surface area contributed by atoms with Crippen molar-refractivity contribution >= 4 is 11.4 Å². The first-order valence-corrected chi connectivity index (χ1v) is 7.93. The van der Waals surface area contributed by atoms with Gasteiger partial charge in [-0.15, -0.1) is 0 Å². The number of nitrogens with zero attached hydrogens (tertiary/aromatic N) is 1. The molecule has 2 aromatic carbocycles. The molecule has 2 heteroatoms. The van der Waals surface area contributed by atoms with Gasteiger partial charge >= 0.3 is 0 Å². The summed E-state index contributed by atoms with van der Waals surface area (Å²) in [6, 6.07) is 21.0. The molecule has 0 amide bonds. The molecular formula is C19H23NO. The monoisotopic (exact) mass is 281 g/mol. The lowest BCUT2D eigenvalue weighted by Crippen LogP contribution is -2.40. The van der Waals surface area contributed by atoms with Gasteiger partial charge in [-0.05, 0) is 37.1 Å². The van der Waals surface area contributed by atoms with Gasteiger partial charge < -0.3 is 10.0 Å². The minimum Gasteiger partial charge on any atom is -0.391 e. The molecule has 0 saturated heterocycles. The molecule has 0 spiro atoms. The van der Waals surface area contributed by atoms with E-state index in [2.05, 4.69) is 53.4 Å². The van der Waals surface area contributed by atoms with Crippen molar-refractivity contribution in [2.24, 2.45) is 0 Å². The van der Waals surface area contributed by atoms with Crippen molar-refractivity contribution < 1.29 is 5.11 Å². The molecule has 1 N–H and O–H groups in total. The molecule has 0 heterocycles. The summed E-state index contributed by atoms with van der Waals surface area (Å²) in [6.45, 7) is 0. The zero-order chi connectivity index (χ0) is 14.5. The van der Waals surface area contributed by atoms with Gasteiger partial charge in [-0.1, -0.05) is 55.7 Å². The van der Waals surface area contributed by atoms with E-state index in [-0.39, 0.29) is 12.1 Å². The highest BCUT2D eigenvalue weighted by molar-refractivity contribution is 5.64. The first-order valence-electron chi connectivity index (χ1n) is 7.93. The standard InChI is InChI=1S/C19H23NO/c21-19-15-9-3-8-14-18(19)20(16-10-4-1-5-11-16)17-12-6-2-7-13-17/h1-2,4-7,10-13,18-19,21H,3,8-9,14-15H2/t18-,19+/m1/s1. The Morgan fingerprint density at radius 1 is 0.714 bits per heavy atom.